The van der Waals surface area contributed by atoms with E-state index >= 15 is 0 Å². The quantitative estimate of drug-likeness (QED) is 0.172. The number of carbonyl (C=O) groups is 3. The molecule has 1 fully saturated rings. The second-order valence-electron chi connectivity index (χ2n) is 12.6. The third-order valence-corrected chi connectivity index (χ3v) is 9.11. The minimum Gasteiger partial charge on any atom is -0.482 e. The molecule has 4 aromatic rings. The summed E-state index contributed by atoms with van der Waals surface area (Å²) >= 11 is 0. The summed E-state index contributed by atoms with van der Waals surface area (Å²) in [6.07, 6.45) is 3.39. The number of esters is 1. The molecule has 1 saturated heterocycles. The SMILES string of the molecule is COC(=O)COc1ccc(CC2CN(Cc3ccccc3)CCN2C(=O)CCc2ccccc2Cc2ccccc2CCNC(C)=O)cc1. The number of carbonyl (C=O) groups excluding carboxylic acids is 3. The number of hydrogen-bond donors (Lipinski definition) is 1. The number of rotatable bonds is 15. The molecular formula is C41H47N3O5. The number of hydrogen-bond acceptors (Lipinski definition) is 6. The van der Waals surface area contributed by atoms with Crippen LogP contribution in [0.3, 0.4) is 0 Å². The van der Waals surface area contributed by atoms with Crippen molar-refractivity contribution in [2.24, 2.45) is 0 Å². The van der Waals surface area contributed by atoms with Gasteiger partial charge in [0.05, 0.1) is 7.11 Å². The first kappa shape index (κ1) is 35.4. The van der Waals surface area contributed by atoms with Gasteiger partial charge < -0.3 is 19.7 Å². The normalized spacial score (nSPS) is 14.7. The highest BCUT2D eigenvalue weighted by Gasteiger charge is 2.30. The molecule has 2 amide bonds. The van der Waals surface area contributed by atoms with Gasteiger partial charge in [0.15, 0.2) is 6.61 Å². The van der Waals surface area contributed by atoms with Crippen molar-refractivity contribution in [1.29, 1.82) is 0 Å². The lowest BCUT2D eigenvalue weighted by molar-refractivity contribution is -0.143. The summed E-state index contributed by atoms with van der Waals surface area (Å²) < 4.78 is 10.2. The molecule has 1 unspecified atom stereocenters. The van der Waals surface area contributed by atoms with Crippen LogP contribution in [0.15, 0.2) is 103 Å². The van der Waals surface area contributed by atoms with Crippen LogP contribution >= 0.6 is 0 Å². The largest absolute Gasteiger partial charge is 0.482 e. The first-order chi connectivity index (χ1) is 23.9. The molecule has 0 aliphatic carbocycles. The van der Waals surface area contributed by atoms with Crippen LogP contribution in [-0.2, 0) is 51.3 Å². The van der Waals surface area contributed by atoms with Gasteiger partial charge in [-0.25, -0.2) is 4.79 Å². The van der Waals surface area contributed by atoms with Crippen molar-refractivity contribution in [1.82, 2.24) is 15.1 Å². The summed E-state index contributed by atoms with van der Waals surface area (Å²) in [5.74, 6) is 0.329. The number of amides is 2. The van der Waals surface area contributed by atoms with Crippen LogP contribution in [0.25, 0.3) is 0 Å². The number of nitrogens with zero attached hydrogens (tertiary/aromatic N) is 2. The topological polar surface area (TPSA) is 88.2 Å². The minimum atomic E-state index is -0.426. The summed E-state index contributed by atoms with van der Waals surface area (Å²) in [5.41, 5.74) is 7.25. The lowest BCUT2D eigenvalue weighted by Gasteiger charge is -2.42. The Bertz CT molecular complexity index is 1670. The summed E-state index contributed by atoms with van der Waals surface area (Å²) in [6, 6.07) is 35.0. The van der Waals surface area contributed by atoms with Crippen molar-refractivity contribution < 1.29 is 23.9 Å². The molecule has 49 heavy (non-hydrogen) atoms. The number of ether oxygens (including phenoxy) is 2. The lowest BCUT2D eigenvalue weighted by Crippen LogP contribution is -2.55. The van der Waals surface area contributed by atoms with Gasteiger partial charge in [0.1, 0.15) is 5.75 Å². The van der Waals surface area contributed by atoms with Gasteiger partial charge in [-0.1, -0.05) is 91.0 Å². The van der Waals surface area contributed by atoms with Gasteiger partial charge in [0.2, 0.25) is 11.8 Å². The Morgan fingerprint density at radius 1 is 0.755 bits per heavy atom. The van der Waals surface area contributed by atoms with Crippen LogP contribution in [0, 0.1) is 0 Å². The van der Waals surface area contributed by atoms with E-state index in [9.17, 15) is 14.4 Å². The zero-order valence-electron chi connectivity index (χ0n) is 28.6. The fraction of sp³-hybridized carbons (Fsp3) is 0.341. The second-order valence-corrected chi connectivity index (χ2v) is 12.6. The molecule has 0 radical (unpaired) electrons. The van der Waals surface area contributed by atoms with Crippen molar-refractivity contribution in [3.05, 3.63) is 137 Å². The number of benzene rings is 4. The maximum atomic E-state index is 14.0. The first-order valence-corrected chi connectivity index (χ1v) is 17.1. The van der Waals surface area contributed by atoms with Crippen LogP contribution in [0.2, 0.25) is 0 Å². The Morgan fingerprint density at radius 3 is 2.04 bits per heavy atom. The van der Waals surface area contributed by atoms with Crippen molar-refractivity contribution in [3.63, 3.8) is 0 Å². The van der Waals surface area contributed by atoms with Gasteiger partial charge in [-0.3, -0.25) is 14.5 Å². The zero-order chi connectivity index (χ0) is 34.4. The fourth-order valence-corrected chi connectivity index (χ4v) is 6.51. The molecule has 1 aliphatic rings. The molecule has 8 nitrogen and oxygen atoms in total. The Hall–Kier alpha value is -4.95. The molecule has 256 valence electrons. The van der Waals surface area contributed by atoms with E-state index in [1.807, 2.05) is 36.4 Å². The third kappa shape index (κ3) is 10.8. The van der Waals surface area contributed by atoms with Crippen molar-refractivity contribution in [3.8, 4) is 5.75 Å². The van der Waals surface area contributed by atoms with Gasteiger partial charge in [0.25, 0.3) is 0 Å². The maximum Gasteiger partial charge on any atom is 0.343 e. The minimum absolute atomic E-state index is 0.0210. The molecule has 4 aromatic carbocycles. The third-order valence-electron chi connectivity index (χ3n) is 9.11. The van der Waals surface area contributed by atoms with Gasteiger partial charge >= 0.3 is 5.97 Å². The van der Waals surface area contributed by atoms with E-state index in [-0.39, 0.29) is 24.5 Å². The Kier molecular flexibility index (Phi) is 13.0. The molecule has 0 saturated carbocycles. The van der Waals surface area contributed by atoms with Gasteiger partial charge in [-0.2, -0.15) is 0 Å². The Labute approximate surface area is 290 Å². The molecular weight excluding hydrogens is 614 g/mol. The van der Waals surface area contributed by atoms with E-state index in [0.717, 1.165) is 44.5 Å². The molecule has 1 N–H and O–H groups in total. The predicted molar refractivity (Wildman–Crippen MR) is 191 cm³/mol. The van der Waals surface area contributed by atoms with Gasteiger partial charge in [0, 0.05) is 52.1 Å². The van der Waals surface area contributed by atoms with Crippen LogP contribution in [0.4, 0.5) is 0 Å². The predicted octanol–water partition coefficient (Wildman–Crippen LogP) is 5.40. The van der Waals surface area contributed by atoms with E-state index in [2.05, 4.69) is 86.6 Å². The number of piperazine rings is 1. The average molecular weight is 662 g/mol. The van der Waals surface area contributed by atoms with E-state index in [0.29, 0.717) is 31.7 Å². The lowest BCUT2D eigenvalue weighted by atomic mass is 9.93. The molecule has 1 aliphatic heterocycles. The standard InChI is InChI=1S/C41H47N3O5/c1-31(45)42-23-22-35-13-7-9-15-37(35)27-36-14-8-6-12-34(36)18-21-40(46)44-25-24-43(28-33-10-4-3-5-11-33)29-38(44)26-32-16-19-39(20-17-32)49-30-41(47)48-2/h3-17,19-20,38H,18,21-30H2,1-2H3,(H,42,45). The van der Waals surface area contributed by atoms with E-state index in [1.165, 1.54) is 34.9 Å². The molecule has 0 aromatic heterocycles. The fourth-order valence-electron chi connectivity index (χ4n) is 6.51. The molecule has 1 heterocycles. The van der Waals surface area contributed by atoms with Crippen LogP contribution in [0.1, 0.15) is 46.7 Å². The van der Waals surface area contributed by atoms with E-state index < -0.39 is 5.97 Å². The number of aryl methyl sites for hydroxylation is 1. The highest BCUT2D eigenvalue weighted by atomic mass is 16.6. The first-order valence-electron chi connectivity index (χ1n) is 17.1. The number of nitrogens with one attached hydrogen (secondary N) is 1. The summed E-state index contributed by atoms with van der Waals surface area (Å²) in [7, 11) is 1.34. The highest BCUT2D eigenvalue weighted by Crippen LogP contribution is 2.23. The molecule has 8 heteroatoms. The summed E-state index contributed by atoms with van der Waals surface area (Å²) in [6.45, 7) is 5.15. The molecule has 1 atom stereocenters. The average Bonchev–Trinajstić information content (AvgIpc) is 3.12. The van der Waals surface area contributed by atoms with Gasteiger partial charge in [-0.15, -0.1) is 0 Å². The van der Waals surface area contributed by atoms with E-state index in [1.54, 1.807) is 6.92 Å². The smallest absolute Gasteiger partial charge is 0.343 e. The van der Waals surface area contributed by atoms with E-state index in [4.69, 9.17) is 4.74 Å². The van der Waals surface area contributed by atoms with Crippen LogP contribution in [-0.4, -0.2) is 73.5 Å². The maximum absolute atomic E-state index is 14.0. The summed E-state index contributed by atoms with van der Waals surface area (Å²) in [5, 5.41) is 2.90. The zero-order valence-corrected chi connectivity index (χ0v) is 28.6. The van der Waals surface area contributed by atoms with Crippen LogP contribution < -0.4 is 10.1 Å². The highest BCUT2D eigenvalue weighted by molar-refractivity contribution is 5.77. The summed E-state index contributed by atoms with van der Waals surface area (Å²) in [4.78, 5) is 41.4. The molecule has 0 bridgehead atoms. The van der Waals surface area contributed by atoms with Crippen molar-refractivity contribution >= 4 is 17.8 Å². The molecule has 5 rings (SSSR count). The monoisotopic (exact) mass is 661 g/mol. The number of methoxy groups -OCH3 is 1. The Morgan fingerprint density at radius 2 is 1.39 bits per heavy atom. The molecule has 0 spiro atoms. The van der Waals surface area contributed by atoms with Crippen molar-refractivity contribution in [2.45, 2.75) is 51.6 Å². The van der Waals surface area contributed by atoms with Gasteiger partial charge in [-0.05, 0) is 71.2 Å². The Balaban J connectivity index is 1.26. The van der Waals surface area contributed by atoms with Crippen LogP contribution in [0.5, 0.6) is 5.75 Å². The second kappa shape index (κ2) is 18.0. The van der Waals surface area contributed by atoms with Crippen molar-refractivity contribution in [2.75, 3.05) is 39.9 Å².